The molecule has 1 aliphatic carbocycles. The van der Waals surface area contributed by atoms with Crippen LogP contribution >= 0.6 is 11.3 Å². The summed E-state index contributed by atoms with van der Waals surface area (Å²) in [6, 6.07) is -0.230. The lowest BCUT2D eigenvalue weighted by Gasteiger charge is -2.36. The van der Waals surface area contributed by atoms with E-state index in [0.717, 1.165) is 31.2 Å². The molecule has 174 valence electrons. The Morgan fingerprint density at radius 2 is 1.88 bits per heavy atom. The van der Waals surface area contributed by atoms with Gasteiger partial charge in [0, 0.05) is 30.6 Å². The fraction of sp³-hybridized carbons (Fsp3) is 0.696. The van der Waals surface area contributed by atoms with E-state index in [0.29, 0.717) is 56.0 Å². The highest BCUT2D eigenvalue weighted by Crippen LogP contribution is 2.35. The second kappa shape index (κ2) is 8.43. The summed E-state index contributed by atoms with van der Waals surface area (Å²) in [5.74, 6) is -0.0967. The first kappa shape index (κ1) is 21.9. The van der Waals surface area contributed by atoms with Gasteiger partial charge in [-0.05, 0) is 57.9 Å². The first-order valence-electron chi connectivity index (χ1n) is 11.6. The summed E-state index contributed by atoms with van der Waals surface area (Å²) in [6.45, 7) is 6.56. The number of nitrogens with zero attached hydrogens (tertiary/aromatic N) is 3. The Balaban J connectivity index is 1.66. The number of hydrogen-bond acceptors (Lipinski definition) is 6. The Labute approximate surface area is 190 Å². The predicted octanol–water partition coefficient (Wildman–Crippen LogP) is 2.09. The number of carbonyl (C=O) groups excluding carboxylic acids is 1. The second-order valence-corrected chi connectivity index (χ2v) is 10.8. The minimum atomic E-state index is -0.397. The molecule has 2 aromatic rings. The zero-order valence-corrected chi connectivity index (χ0v) is 19.7. The molecule has 0 saturated carbocycles. The van der Waals surface area contributed by atoms with Crippen molar-refractivity contribution >= 4 is 27.5 Å². The third-order valence-corrected chi connectivity index (χ3v) is 8.28. The molecule has 2 saturated heterocycles. The maximum atomic E-state index is 13.7. The van der Waals surface area contributed by atoms with E-state index >= 15 is 0 Å². The summed E-state index contributed by atoms with van der Waals surface area (Å²) in [4.78, 5) is 44.2. The van der Waals surface area contributed by atoms with Gasteiger partial charge in [0.2, 0.25) is 5.91 Å². The number of aromatic nitrogens is 2. The van der Waals surface area contributed by atoms with Crippen LogP contribution in [-0.4, -0.2) is 58.5 Å². The lowest BCUT2D eigenvalue weighted by molar-refractivity contribution is -0.135. The van der Waals surface area contributed by atoms with Gasteiger partial charge in [0.15, 0.2) is 0 Å². The van der Waals surface area contributed by atoms with E-state index in [9.17, 15) is 14.4 Å². The molecule has 4 heterocycles. The van der Waals surface area contributed by atoms with Crippen LogP contribution in [-0.2, 0) is 33.7 Å². The van der Waals surface area contributed by atoms with Crippen molar-refractivity contribution in [3.63, 3.8) is 0 Å². The lowest BCUT2D eigenvalue weighted by atomic mass is 9.93. The highest BCUT2D eigenvalue weighted by Gasteiger charge is 2.34. The molecule has 0 bridgehead atoms. The van der Waals surface area contributed by atoms with Crippen LogP contribution in [0.2, 0.25) is 0 Å². The van der Waals surface area contributed by atoms with E-state index in [1.807, 2.05) is 13.8 Å². The zero-order valence-electron chi connectivity index (χ0n) is 18.9. The number of carbonyl (C=O) groups is 1. The van der Waals surface area contributed by atoms with Crippen LogP contribution in [0.25, 0.3) is 10.2 Å². The Kier molecular flexibility index (Phi) is 5.75. The fourth-order valence-corrected chi connectivity index (χ4v) is 6.69. The van der Waals surface area contributed by atoms with Crippen LogP contribution in [0.3, 0.4) is 0 Å². The molecule has 2 fully saturated rings. The maximum absolute atomic E-state index is 13.7. The van der Waals surface area contributed by atoms with Crippen LogP contribution < -0.4 is 11.2 Å². The monoisotopic (exact) mass is 461 g/mol. The van der Waals surface area contributed by atoms with Crippen LogP contribution in [0.15, 0.2) is 9.59 Å². The van der Waals surface area contributed by atoms with Gasteiger partial charge in [-0.15, -0.1) is 11.3 Å². The van der Waals surface area contributed by atoms with Crippen LogP contribution in [0.1, 0.15) is 56.0 Å². The molecule has 0 spiro atoms. The maximum Gasteiger partial charge on any atom is 0.332 e. The molecule has 1 atom stereocenters. The first-order valence-corrected chi connectivity index (χ1v) is 12.5. The summed E-state index contributed by atoms with van der Waals surface area (Å²) in [5, 5.41) is 0.656. The zero-order chi connectivity index (χ0) is 22.5. The molecule has 0 aromatic carbocycles. The summed E-state index contributed by atoms with van der Waals surface area (Å²) in [6.07, 6.45) is 5.15. The number of fused-ring (bicyclic) bond motifs is 3. The van der Waals surface area contributed by atoms with Crippen LogP contribution in [0.4, 0.5) is 0 Å². The Hall–Kier alpha value is -1.97. The number of amides is 1. The van der Waals surface area contributed by atoms with Crippen LogP contribution in [0, 0.1) is 0 Å². The van der Waals surface area contributed by atoms with Gasteiger partial charge < -0.3 is 14.4 Å². The van der Waals surface area contributed by atoms with Gasteiger partial charge >= 0.3 is 5.69 Å². The van der Waals surface area contributed by atoms with Crippen molar-refractivity contribution < 1.29 is 14.3 Å². The molecule has 3 aliphatic rings. The molecule has 2 aliphatic heterocycles. The molecule has 0 unspecified atom stereocenters. The highest BCUT2D eigenvalue weighted by atomic mass is 32.1. The molecule has 1 amide bonds. The minimum Gasteiger partial charge on any atom is -0.378 e. The second-order valence-electron chi connectivity index (χ2n) is 9.68. The van der Waals surface area contributed by atoms with Gasteiger partial charge in [0.05, 0.1) is 24.2 Å². The molecular weight excluding hydrogens is 430 g/mol. The van der Waals surface area contributed by atoms with Crippen molar-refractivity contribution in [3.8, 4) is 0 Å². The minimum absolute atomic E-state index is 0.0401. The molecule has 5 rings (SSSR count). The summed E-state index contributed by atoms with van der Waals surface area (Å²) < 4.78 is 14.2. The van der Waals surface area contributed by atoms with Crippen molar-refractivity contribution in [1.82, 2.24) is 14.0 Å². The van der Waals surface area contributed by atoms with Crippen molar-refractivity contribution in [2.24, 2.45) is 0 Å². The highest BCUT2D eigenvalue weighted by molar-refractivity contribution is 7.18. The Morgan fingerprint density at radius 1 is 1.12 bits per heavy atom. The van der Waals surface area contributed by atoms with Crippen LogP contribution in [0.5, 0.6) is 0 Å². The fourth-order valence-electron chi connectivity index (χ4n) is 5.32. The average Bonchev–Trinajstić information content (AvgIpc) is 3.16. The average molecular weight is 462 g/mol. The van der Waals surface area contributed by atoms with E-state index in [2.05, 4.69) is 0 Å². The lowest BCUT2D eigenvalue weighted by Crippen LogP contribution is -2.48. The molecule has 0 radical (unpaired) electrons. The number of morpholine rings is 1. The van der Waals surface area contributed by atoms with Crippen molar-refractivity contribution in [1.29, 1.82) is 0 Å². The van der Waals surface area contributed by atoms with Gasteiger partial charge in [-0.25, -0.2) is 4.79 Å². The van der Waals surface area contributed by atoms with Crippen molar-refractivity contribution in [3.05, 3.63) is 31.3 Å². The van der Waals surface area contributed by atoms with E-state index in [-0.39, 0.29) is 29.7 Å². The van der Waals surface area contributed by atoms with Gasteiger partial charge in [-0.3, -0.25) is 18.7 Å². The van der Waals surface area contributed by atoms with Gasteiger partial charge in [-0.2, -0.15) is 0 Å². The smallest absolute Gasteiger partial charge is 0.332 e. The van der Waals surface area contributed by atoms with E-state index in [4.69, 9.17) is 9.47 Å². The summed E-state index contributed by atoms with van der Waals surface area (Å²) >= 11 is 1.53. The Morgan fingerprint density at radius 3 is 2.62 bits per heavy atom. The van der Waals surface area contributed by atoms with Gasteiger partial charge in [0.1, 0.15) is 11.4 Å². The number of rotatable bonds is 3. The number of hydrogen-bond donors (Lipinski definition) is 0. The van der Waals surface area contributed by atoms with Gasteiger partial charge in [-0.1, -0.05) is 0 Å². The first-order chi connectivity index (χ1) is 15.4. The summed E-state index contributed by atoms with van der Waals surface area (Å²) in [7, 11) is 0. The molecule has 8 nitrogen and oxygen atoms in total. The molecule has 0 N–H and O–H groups in total. The normalized spacial score (nSPS) is 23.3. The standard InChI is InChI=1S/C23H31N3O5S/c1-23(2)13-15(7-10-31-23)26-20(28)19-16-5-3-4-6-17(16)32-21(19)25(22(26)29)14-18(27)24-8-11-30-12-9-24/h15H,3-14H2,1-2H3/t15-/m1/s1. The number of ether oxygens (including phenoxy) is 2. The quantitative estimate of drug-likeness (QED) is 0.699. The summed E-state index contributed by atoms with van der Waals surface area (Å²) in [5.41, 5.74) is 0.133. The largest absolute Gasteiger partial charge is 0.378 e. The molecule has 9 heteroatoms. The van der Waals surface area contributed by atoms with E-state index < -0.39 is 5.60 Å². The number of aryl methyl sites for hydroxylation is 2. The molecule has 32 heavy (non-hydrogen) atoms. The molecule has 2 aromatic heterocycles. The van der Waals surface area contributed by atoms with Gasteiger partial charge in [0.25, 0.3) is 5.56 Å². The SMILES string of the molecule is CC1(C)C[C@H](n2c(=O)c3c4c(sc3n(CC(=O)N3CCOCC3)c2=O)CCCC4)CCO1. The third-order valence-electron chi connectivity index (χ3n) is 6.96. The predicted molar refractivity (Wildman–Crippen MR) is 123 cm³/mol. The Bertz CT molecular complexity index is 1160. The van der Waals surface area contributed by atoms with Crippen molar-refractivity contribution in [2.75, 3.05) is 32.9 Å². The molecular formula is C23H31N3O5S. The van der Waals surface area contributed by atoms with Crippen molar-refractivity contribution in [2.45, 2.75) is 70.6 Å². The third kappa shape index (κ3) is 3.84. The number of thiophene rings is 1. The topological polar surface area (TPSA) is 82.8 Å². The van der Waals surface area contributed by atoms with E-state index in [1.165, 1.54) is 20.8 Å². The van der Waals surface area contributed by atoms with E-state index in [1.54, 1.807) is 9.47 Å².